The molecular formula is C58H76Br2Mg2N2O6. The fourth-order valence-corrected chi connectivity index (χ4v) is 6.40. The quantitative estimate of drug-likeness (QED) is 0.118. The van der Waals surface area contributed by atoms with Crippen LogP contribution in [-0.2, 0) is 41.6 Å². The molecule has 4 saturated heterocycles. The van der Waals surface area contributed by atoms with Gasteiger partial charge in [0, 0.05) is 66.1 Å². The van der Waals surface area contributed by atoms with Crippen molar-refractivity contribution in [3.63, 3.8) is 0 Å². The van der Waals surface area contributed by atoms with Crippen molar-refractivity contribution in [1.29, 1.82) is 0 Å². The molecule has 10 rings (SSSR count). The molecule has 8 nitrogen and oxygen atoms in total. The average Bonchev–Trinajstić information content (AvgIpc) is 4.21. The molecule has 4 fully saturated rings. The maximum atomic E-state index is 8.99. The number of rotatable bonds is 8. The van der Waals surface area contributed by atoms with Crippen molar-refractivity contribution in [2.75, 3.05) is 66.1 Å². The van der Waals surface area contributed by atoms with Crippen LogP contribution < -0.4 is 34.0 Å². The van der Waals surface area contributed by atoms with E-state index in [0.29, 0.717) is 37.9 Å². The summed E-state index contributed by atoms with van der Waals surface area (Å²) in [5.74, 6) is 0. The number of fused-ring (bicyclic) bond motifs is 2. The van der Waals surface area contributed by atoms with E-state index in [1.165, 1.54) is 84.0 Å². The van der Waals surface area contributed by atoms with Crippen molar-refractivity contribution < 1.29 is 62.4 Å². The Labute approximate surface area is 474 Å². The molecule has 0 bridgehead atoms. The first-order valence-electron chi connectivity index (χ1n) is 23.8. The fourth-order valence-electron chi connectivity index (χ4n) is 6.40. The molecule has 0 spiro atoms. The van der Waals surface area contributed by atoms with Gasteiger partial charge in [0.2, 0.25) is 0 Å². The standard InChI is InChI=1S/2C14H14NO.2C7H8.4C4H8O.2BrH.2Mg/c2*1-11(15)9-16-10-12-6-7-13-4-2-3-5-14(13)8-12;2*1-7-5-3-2-4-6-7;4*1-2-4-5-3-1;;;;/h2*2-8H,9-10H2,1H3;2*2-6H,1H3;4*1-4H2;2*1H;;/q2*-1;;;;;;;;;2*+2/p-2. The molecule has 4 aliphatic rings. The van der Waals surface area contributed by atoms with E-state index in [2.05, 4.69) is 98.8 Å². The van der Waals surface area contributed by atoms with Crippen LogP contribution in [0.25, 0.3) is 32.4 Å². The molecule has 0 radical (unpaired) electrons. The van der Waals surface area contributed by atoms with Crippen molar-refractivity contribution in [1.82, 2.24) is 0 Å². The second-order valence-electron chi connectivity index (χ2n) is 16.4. The van der Waals surface area contributed by atoms with Crippen molar-refractivity contribution in [3.05, 3.63) is 179 Å². The second-order valence-corrected chi connectivity index (χ2v) is 16.4. The molecule has 4 aliphatic heterocycles. The Kier molecular flexibility index (Phi) is 47.1. The van der Waals surface area contributed by atoms with Crippen LogP contribution in [0.2, 0.25) is 0 Å². The van der Waals surface area contributed by atoms with Crippen LogP contribution >= 0.6 is 0 Å². The maximum absolute atomic E-state index is 8.99. The van der Waals surface area contributed by atoms with Gasteiger partial charge in [-0.15, -0.1) is 0 Å². The first-order chi connectivity index (χ1) is 32.3. The Morgan fingerprint density at radius 2 is 0.643 bits per heavy atom. The molecule has 4 heterocycles. The van der Waals surface area contributed by atoms with Gasteiger partial charge in [-0.1, -0.05) is 158 Å². The van der Waals surface area contributed by atoms with Crippen LogP contribution in [0.3, 0.4) is 0 Å². The van der Waals surface area contributed by atoms with Crippen LogP contribution in [0.15, 0.2) is 146 Å². The normalized spacial score (nSPS) is 13.4. The van der Waals surface area contributed by atoms with E-state index in [-0.39, 0.29) is 80.1 Å². The van der Waals surface area contributed by atoms with Gasteiger partial charge in [0.05, 0.1) is 13.2 Å². The molecule has 0 aromatic heterocycles. The zero-order chi connectivity index (χ0) is 47.1. The van der Waals surface area contributed by atoms with Gasteiger partial charge >= 0.3 is 46.1 Å². The van der Waals surface area contributed by atoms with E-state index in [1.54, 1.807) is 13.8 Å². The molecule has 6 aromatic carbocycles. The summed E-state index contributed by atoms with van der Waals surface area (Å²) in [4.78, 5) is 0. The topological polar surface area (TPSA) is 100.0 Å². The Morgan fingerprint density at radius 1 is 0.386 bits per heavy atom. The van der Waals surface area contributed by atoms with Crippen LogP contribution in [0.4, 0.5) is 0 Å². The van der Waals surface area contributed by atoms with Gasteiger partial charge in [0.25, 0.3) is 0 Å². The third kappa shape index (κ3) is 37.2. The Morgan fingerprint density at radius 3 is 0.857 bits per heavy atom. The minimum atomic E-state index is 0. The second kappa shape index (κ2) is 47.4. The van der Waals surface area contributed by atoms with Gasteiger partial charge < -0.3 is 73.2 Å². The number of halogens is 2. The van der Waals surface area contributed by atoms with Gasteiger partial charge in [-0.3, -0.25) is 0 Å². The molecule has 12 heteroatoms. The first-order valence-corrected chi connectivity index (χ1v) is 23.8. The number of ether oxygens (including phenoxy) is 6. The molecule has 70 heavy (non-hydrogen) atoms. The SMILES string of the molecule is C1CCOC1.C1CCOC1.C1CCOC1.C1CCOC1.CC(=[N-])COCc1ccc2ccccc2c1.CC(=[N-])COCc1ccc2ccccc2c1.Cc1ccccc1.Cc1ccccc1.[Br-].[Br-].[Mg+2].[Mg+2]. The third-order valence-corrected chi connectivity index (χ3v) is 9.98. The van der Waals surface area contributed by atoms with E-state index in [0.717, 1.165) is 64.0 Å². The summed E-state index contributed by atoms with van der Waals surface area (Å²) in [6, 6.07) is 49.5. The van der Waals surface area contributed by atoms with Gasteiger partial charge in [0.15, 0.2) is 0 Å². The molecule has 0 amide bonds. The summed E-state index contributed by atoms with van der Waals surface area (Å²) in [7, 11) is 0. The molecule has 0 saturated carbocycles. The summed E-state index contributed by atoms with van der Waals surface area (Å²) in [6.45, 7) is 17.1. The van der Waals surface area contributed by atoms with Crippen molar-refractivity contribution in [2.24, 2.45) is 0 Å². The third-order valence-electron chi connectivity index (χ3n) is 9.98. The minimum absolute atomic E-state index is 0. The van der Waals surface area contributed by atoms with Crippen LogP contribution in [0.1, 0.15) is 87.5 Å². The molecule has 372 valence electrons. The number of benzene rings is 6. The zero-order valence-electron chi connectivity index (χ0n) is 42.5. The number of nitrogens with zero attached hydrogens (tertiary/aromatic N) is 2. The van der Waals surface area contributed by atoms with Gasteiger partial charge in [0.1, 0.15) is 0 Å². The summed E-state index contributed by atoms with van der Waals surface area (Å²) in [5.41, 5.74) is 5.51. The monoisotopic (exact) mass is 1100 g/mol. The van der Waals surface area contributed by atoms with E-state index in [9.17, 15) is 0 Å². The van der Waals surface area contributed by atoms with E-state index in [1.807, 2.05) is 60.7 Å². The van der Waals surface area contributed by atoms with E-state index < -0.39 is 0 Å². The predicted molar refractivity (Wildman–Crippen MR) is 289 cm³/mol. The summed E-state index contributed by atoms with van der Waals surface area (Å²) >= 11 is 0. The molecule has 0 aliphatic carbocycles. The van der Waals surface area contributed by atoms with E-state index in [4.69, 9.17) is 39.2 Å². The van der Waals surface area contributed by atoms with Gasteiger partial charge in [-0.25, -0.2) is 0 Å². The molecule has 0 N–H and O–H groups in total. The summed E-state index contributed by atoms with van der Waals surface area (Å²) in [5, 5.41) is 22.9. The zero-order valence-corrected chi connectivity index (χ0v) is 48.5. The van der Waals surface area contributed by atoms with Gasteiger partial charge in [-0.05, 0) is 110 Å². The maximum Gasteiger partial charge on any atom is 2.00 e. The fraction of sp³-hybridized carbons (Fsp3) is 0.414. The van der Waals surface area contributed by atoms with Crippen molar-refractivity contribution in [2.45, 2.75) is 92.3 Å². The van der Waals surface area contributed by atoms with Crippen LogP contribution in [0, 0.1) is 13.8 Å². The number of aryl methyl sites for hydroxylation is 2. The summed E-state index contributed by atoms with van der Waals surface area (Å²) in [6.07, 6.45) is 10.2. The minimum Gasteiger partial charge on any atom is -1.00 e. The Bertz CT molecular complexity index is 1930. The Hall–Kier alpha value is -2.57. The van der Waals surface area contributed by atoms with Crippen LogP contribution in [0.5, 0.6) is 0 Å². The number of hydrogen-bond acceptors (Lipinski definition) is 6. The molecule has 0 atom stereocenters. The van der Waals surface area contributed by atoms with Crippen molar-refractivity contribution >= 4 is 79.1 Å². The number of hydrogen-bond donors (Lipinski definition) is 0. The molecule has 6 aromatic rings. The van der Waals surface area contributed by atoms with Crippen molar-refractivity contribution in [3.8, 4) is 0 Å². The van der Waals surface area contributed by atoms with E-state index >= 15 is 0 Å². The molecule has 0 unspecified atom stereocenters. The average molecular weight is 1110 g/mol. The first kappa shape index (κ1) is 69.5. The predicted octanol–water partition coefficient (Wildman–Crippen LogP) is 7.20. The smallest absolute Gasteiger partial charge is 1.00 e. The van der Waals surface area contributed by atoms with Crippen LogP contribution in [-0.4, -0.2) is 124 Å². The molecular weight excluding hydrogens is 1030 g/mol. The Balaban J connectivity index is 0. The largest absolute Gasteiger partial charge is 2.00 e. The van der Waals surface area contributed by atoms with Gasteiger partial charge in [-0.2, -0.15) is 11.4 Å². The summed E-state index contributed by atoms with van der Waals surface area (Å²) < 4.78 is 30.5.